The van der Waals surface area contributed by atoms with Gasteiger partial charge in [-0.2, -0.15) is 0 Å². The third-order valence-corrected chi connectivity index (χ3v) is 4.55. The number of aliphatic hydroxyl groups excluding tert-OH is 1. The summed E-state index contributed by atoms with van der Waals surface area (Å²) in [6, 6.07) is 0. The molecule has 18 heavy (non-hydrogen) atoms. The highest BCUT2D eigenvalue weighted by Crippen LogP contribution is 2.29. The van der Waals surface area contributed by atoms with Crippen LogP contribution in [0.4, 0.5) is 0 Å². The van der Waals surface area contributed by atoms with Crippen molar-refractivity contribution in [1.82, 2.24) is 4.90 Å². The van der Waals surface area contributed by atoms with Gasteiger partial charge in [-0.05, 0) is 18.3 Å². The first kappa shape index (κ1) is 13.8. The zero-order chi connectivity index (χ0) is 13.1. The Morgan fingerprint density at radius 3 is 2.56 bits per heavy atom. The summed E-state index contributed by atoms with van der Waals surface area (Å²) in [5.41, 5.74) is 0. The van der Waals surface area contributed by atoms with E-state index in [2.05, 4.69) is 4.90 Å². The molecule has 2 fully saturated rings. The van der Waals surface area contributed by atoms with E-state index in [4.69, 9.17) is 5.11 Å². The summed E-state index contributed by atoms with van der Waals surface area (Å²) in [4.78, 5) is 13.1. The van der Waals surface area contributed by atoms with Gasteiger partial charge in [0.25, 0.3) is 0 Å². The molecule has 0 aromatic rings. The van der Waals surface area contributed by atoms with Crippen LogP contribution in [-0.4, -0.2) is 46.8 Å². The predicted octanol–water partition coefficient (Wildman–Crippen LogP) is 1.58. The third-order valence-electron chi connectivity index (χ3n) is 4.55. The van der Waals surface area contributed by atoms with Gasteiger partial charge in [-0.15, -0.1) is 0 Å². The molecule has 0 aromatic carbocycles. The molecule has 0 amide bonds. The standard InChI is InChI=1S/C14H25NO3/c1-10-7-15(9-13(10)14(17)18)8-12(16)6-11-4-2-3-5-11/h10-13,16H,2-9H2,1H3,(H,17,18). The molecule has 1 saturated heterocycles. The number of aliphatic carboxylic acids is 1. The highest BCUT2D eigenvalue weighted by atomic mass is 16.4. The molecule has 3 atom stereocenters. The topological polar surface area (TPSA) is 60.8 Å². The second-order valence-corrected chi connectivity index (χ2v) is 6.18. The Labute approximate surface area is 109 Å². The van der Waals surface area contributed by atoms with E-state index in [1.54, 1.807) is 0 Å². The van der Waals surface area contributed by atoms with Crippen LogP contribution in [0.2, 0.25) is 0 Å². The number of carboxylic acids is 1. The van der Waals surface area contributed by atoms with E-state index in [1.807, 2.05) is 6.92 Å². The van der Waals surface area contributed by atoms with Crippen molar-refractivity contribution in [1.29, 1.82) is 0 Å². The Bertz CT molecular complexity index is 289. The van der Waals surface area contributed by atoms with Gasteiger partial charge in [0.05, 0.1) is 12.0 Å². The van der Waals surface area contributed by atoms with E-state index in [0.29, 0.717) is 19.0 Å². The van der Waals surface area contributed by atoms with Gasteiger partial charge in [0.1, 0.15) is 0 Å². The second kappa shape index (κ2) is 6.02. The Kier molecular flexibility index (Phi) is 4.62. The molecule has 1 saturated carbocycles. The first-order valence-electron chi connectivity index (χ1n) is 7.19. The molecule has 0 radical (unpaired) electrons. The fraction of sp³-hybridized carbons (Fsp3) is 0.929. The maximum atomic E-state index is 11.0. The lowest BCUT2D eigenvalue weighted by atomic mass is 9.99. The monoisotopic (exact) mass is 255 g/mol. The molecule has 1 heterocycles. The summed E-state index contributed by atoms with van der Waals surface area (Å²) in [6.45, 7) is 4.03. The summed E-state index contributed by atoms with van der Waals surface area (Å²) < 4.78 is 0. The molecule has 1 aliphatic heterocycles. The Balaban J connectivity index is 1.74. The van der Waals surface area contributed by atoms with E-state index >= 15 is 0 Å². The molecule has 104 valence electrons. The fourth-order valence-corrected chi connectivity index (χ4v) is 3.54. The maximum absolute atomic E-state index is 11.0. The van der Waals surface area contributed by atoms with Crippen LogP contribution in [0.15, 0.2) is 0 Å². The molecular weight excluding hydrogens is 230 g/mol. The van der Waals surface area contributed by atoms with Crippen molar-refractivity contribution in [3.05, 3.63) is 0 Å². The zero-order valence-electron chi connectivity index (χ0n) is 11.2. The number of aliphatic hydroxyl groups is 1. The molecular formula is C14H25NO3. The Morgan fingerprint density at radius 2 is 2.00 bits per heavy atom. The highest BCUT2D eigenvalue weighted by Gasteiger charge is 2.35. The number of hydrogen-bond acceptors (Lipinski definition) is 3. The molecule has 3 unspecified atom stereocenters. The average Bonchev–Trinajstić information content (AvgIpc) is 2.88. The van der Waals surface area contributed by atoms with E-state index < -0.39 is 5.97 Å². The summed E-state index contributed by atoms with van der Waals surface area (Å²) >= 11 is 0. The van der Waals surface area contributed by atoms with Crippen molar-refractivity contribution in [2.24, 2.45) is 17.8 Å². The lowest BCUT2D eigenvalue weighted by molar-refractivity contribution is -0.142. The van der Waals surface area contributed by atoms with Gasteiger partial charge >= 0.3 is 5.97 Å². The number of likely N-dealkylation sites (tertiary alicyclic amines) is 1. The second-order valence-electron chi connectivity index (χ2n) is 6.18. The summed E-state index contributed by atoms with van der Waals surface area (Å²) in [7, 11) is 0. The minimum Gasteiger partial charge on any atom is -0.481 e. The van der Waals surface area contributed by atoms with Gasteiger partial charge in [0, 0.05) is 19.6 Å². The van der Waals surface area contributed by atoms with Crippen LogP contribution in [0.5, 0.6) is 0 Å². The van der Waals surface area contributed by atoms with Gasteiger partial charge in [0.15, 0.2) is 0 Å². The van der Waals surface area contributed by atoms with Crippen molar-refractivity contribution in [2.45, 2.75) is 45.1 Å². The van der Waals surface area contributed by atoms with Crippen molar-refractivity contribution in [2.75, 3.05) is 19.6 Å². The third kappa shape index (κ3) is 3.45. The van der Waals surface area contributed by atoms with Crippen LogP contribution in [0.3, 0.4) is 0 Å². The lowest BCUT2D eigenvalue weighted by Gasteiger charge is -2.21. The smallest absolute Gasteiger partial charge is 0.308 e. The minimum absolute atomic E-state index is 0.196. The maximum Gasteiger partial charge on any atom is 0.308 e. The van der Waals surface area contributed by atoms with Gasteiger partial charge in [-0.3, -0.25) is 9.69 Å². The van der Waals surface area contributed by atoms with Crippen molar-refractivity contribution in [3.63, 3.8) is 0 Å². The quantitative estimate of drug-likeness (QED) is 0.783. The van der Waals surface area contributed by atoms with Crippen LogP contribution < -0.4 is 0 Å². The van der Waals surface area contributed by atoms with E-state index in [0.717, 1.165) is 13.0 Å². The van der Waals surface area contributed by atoms with Crippen LogP contribution in [0, 0.1) is 17.8 Å². The van der Waals surface area contributed by atoms with E-state index in [-0.39, 0.29) is 17.9 Å². The van der Waals surface area contributed by atoms with Crippen LogP contribution in [0.1, 0.15) is 39.0 Å². The predicted molar refractivity (Wildman–Crippen MR) is 69.3 cm³/mol. The summed E-state index contributed by atoms with van der Waals surface area (Å²) in [5.74, 6) is -0.0737. The number of hydrogen-bond donors (Lipinski definition) is 2. The molecule has 0 spiro atoms. The first-order chi connectivity index (χ1) is 8.56. The van der Waals surface area contributed by atoms with Crippen LogP contribution in [-0.2, 0) is 4.79 Å². The molecule has 4 nitrogen and oxygen atoms in total. The van der Waals surface area contributed by atoms with Gasteiger partial charge < -0.3 is 10.2 Å². The Morgan fingerprint density at radius 1 is 1.33 bits per heavy atom. The normalized spacial score (nSPS) is 31.9. The number of carboxylic acid groups (broad SMARTS) is 1. The highest BCUT2D eigenvalue weighted by molar-refractivity contribution is 5.71. The van der Waals surface area contributed by atoms with Crippen LogP contribution in [0.25, 0.3) is 0 Å². The number of carbonyl (C=O) groups is 1. The molecule has 1 aliphatic carbocycles. The summed E-state index contributed by atoms with van der Waals surface area (Å²) in [6.07, 6.45) is 5.73. The molecule has 2 rings (SSSR count). The number of β-amino-alcohol motifs (C(OH)–C–C–N with tert-alkyl or cyclic N) is 1. The molecule has 0 bridgehead atoms. The van der Waals surface area contributed by atoms with Crippen molar-refractivity contribution < 1.29 is 15.0 Å². The Hall–Kier alpha value is -0.610. The summed E-state index contributed by atoms with van der Waals surface area (Å²) in [5, 5.41) is 19.2. The lowest BCUT2D eigenvalue weighted by Crippen LogP contribution is -2.32. The van der Waals surface area contributed by atoms with Gasteiger partial charge in [-0.25, -0.2) is 0 Å². The molecule has 2 aliphatic rings. The van der Waals surface area contributed by atoms with Crippen molar-refractivity contribution in [3.8, 4) is 0 Å². The average molecular weight is 255 g/mol. The van der Waals surface area contributed by atoms with Crippen LogP contribution >= 0.6 is 0 Å². The SMILES string of the molecule is CC1CN(CC(O)CC2CCCC2)CC1C(=O)O. The van der Waals surface area contributed by atoms with Crippen molar-refractivity contribution >= 4 is 5.97 Å². The largest absolute Gasteiger partial charge is 0.481 e. The van der Waals surface area contributed by atoms with Gasteiger partial charge in [-0.1, -0.05) is 32.6 Å². The number of nitrogens with zero attached hydrogens (tertiary/aromatic N) is 1. The molecule has 4 heteroatoms. The number of rotatable bonds is 5. The molecule has 2 N–H and O–H groups in total. The minimum atomic E-state index is -0.699. The first-order valence-corrected chi connectivity index (χ1v) is 7.19. The fourth-order valence-electron chi connectivity index (χ4n) is 3.54. The molecule has 0 aromatic heterocycles. The van der Waals surface area contributed by atoms with Gasteiger partial charge in [0.2, 0.25) is 0 Å². The van der Waals surface area contributed by atoms with E-state index in [1.165, 1.54) is 25.7 Å². The zero-order valence-corrected chi connectivity index (χ0v) is 11.2. The van der Waals surface area contributed by atoms with E-state index in [9.17, 15) is 9.90 Å².